The van der Waals surface area contributed by atoms with Crippen molar-refractivity contribution < 1.29 is 17.9 Å². The maximum atomic E-state index is 13.3. The Hall–Kier alpha value is -2.95. The van der Waals surface area contributed by atoms with Crippen LogP contribution < -0.4 is 4.74 Å². The lowest BCUT2D eigenvalue weighted by Gasteiger charge is -2.20. The van der Waals surface area contributed by atoms with Crippen molar-refractivity contribution in [3.05, 3.63) is 71.3 Å². The lowest BCUT2D eigenvalue weighted by Crippen LogP contribution is -2.39. The molecule has 1 unspecified atom stereocenters. The number of nitrogens with zero attached hydrogens (tertiary/aromatic N) is 3. The van der Waals surface area contributed by atoms with E-state index in [0.29, 0.717) is 22.3 Å². The van der Waals surface area contributed by atoms with Crippen LogP contribution >= 0.6 is 24.0 Å². The van der Waals surface area contributed by atoms with Crippen LogP contribution in [0.2, 0.25) is 0 Å². The van der Waals surface area contributed by atoms with E-state index in [2.05, 4.69) is 6.92 Å². The fourth-order valence-electron chi connectivity index (χ4n) is 4.27. The number of benzene rings is 2. The molecule has 0 saturated carbocycles. The summed E-state index contributed by atoms with van der Waals surface area (Å²) in [6.45, 7) is 2.71. The first-order valence-corrected chi connectivity index (χ1v) is 14.7. The van der Waals surface area contributed by atoms with Gasteiger partial charge in [0, 0.05) is 17.3 Å². The second-order valence-corrected chi connectivity index (χ2v) is 12.6. The fourth-order valence-corrected chi connectivity index (χ4v) is 7.37. The molecule has 2 aliphatic rings. The highest BCUT2D eigenvalue weighted by Crippen LogP contribution is 2.38. The molecule has 2 aromatic carbocycles. The number of ether oxygens (including phenoxy) is 1. The molecule has 2 fully saturated rings. The number of para-hydroxylation sites is 1. The highest BCUT2D eigenvalue weighted by Gasteiger charge is 2.42. The van der Waals surface area contributed by atoms with Crippen molar-refractivity contribution in [2.75, 3.05) is 18.1 Å². The molecule has 1 amide bonds. The Morgan fingerprint density at radius 3 is 2.58 bits per heavy atom. The van der Waals surface area contributed by atoms with Crippen molar-refractivity contribution in [2.45, 2.75) is 25.8 Å². The van der Waals surface area contributed by atoms with E-state index < -0.39 is 15.9 Å². The van der Waals surface area contributed by atoms with Crippen LogP contribution in [-0.2, 0) is 14.6 Å². The van der Waals surface area contributed by atoms with Crippen molar-refractivity contribution in [3.8, 4) is 22.7 Å². The molecule has 1 aromatic heterocycles. The van der Waals surface area contributed by atoms with Gasteiger partial charge in [-0.2, -0.15) is 5.10 Å². The van der Waals surface area contributed by atoms with Gasteiger partial charge in [-0.25, -0.2) is 13.1 Å². The molecule has 10 heteroatoms. The summed E-state index contributed by atoms with van der Waals surface area (Å²) in [6.07, 6.45) is 5.02. The normalized spacial score (nSPS) is 20.4. The van der Waals surface area contributed by atoms with E-state index in [9.17, 15) is 13.2 Å². The average molecular weight is 540 g/mol. The molecular weight excluding hydrogens is 515 g/mol. The Morgan fingerprint density at radius 1 is 1.17 bits per heavy atom. The third kappa shape index (κ3) is 5.11. The molecule has 186 valence electrons. The number of sulfone groups is 1. The van der Waals surface area contributed by atoms with Gasteiger partial charge in [0.15, 0.2) is 9.84 Å². The highest BCUT2D eigenvalue weighted by atomic mass is 32.2. The predicted octanol–water partition coefficient (Wildman–Crippen LogP) is 4.72. The van der Waals surface area contributed by atoms with Gasteiger partial charge in [-0.15, -0.1) is 0 Å². The first-order chi connectivity index (χ1) is 17.3. The quantitative estimate of drug-likeness (QED) is 0.318. The van der Waals surface area contributed by atoms with Gasteiger partial charge in [-0.1, -0.05) is 49.1 Å². The summed E-state index contributed by atoms with van der Waals surface area (Å²) in [4.78, 5) is 15.2. The van der Waals surface area contributed by atoms with Crippen LogP contribution in [0.25, 0.3) is 23.0 Å². The van der Waals surface area contributed by atoms with Crippen molar-refractivity contribution in [1.82, 2.24) is 14.7 Å². The number of carbonyl (C=O) groups is 1. The van der Waals surface area contributed by atoms with Crippen molar-refractivity contribution in [3.63, 3.8) is 0 Å². The van der Waals surface area contributed by atoms with Gasteiger partial charge in [0.1, 0.15) is 10.1 Å². The van der Waals surface area contributed by atoms with Gasteiger partial charge in [0.2, 0.25) is 0 Å². The second-order valence-electron chi connectivity index (χ2n) is 8.69. The van der Waals surface area contributed by atoms with Gasteiger partial charge in [0.05, 0.1) is 40.4 Å². The molecule has 36 heavy (non-hydrogen) atoms. The summed E-state index contributed by atoms with van der Waals surface area (Å²) >= 11 is 6.68. The van der Waals surface area contributed by atoms with Crippen LogP contribution in [-0.4, -0.2) is 57.5 Å². The number of rotatable bonds is 7. The molecule has 0 N–H and O–H groups in total. The average Bonchev–Trinajstić information content (AvgIpc) is 3.53. The molecule has 3 aromatic rings. The van der Waals surface area contributed by atoms with E-state index in [1.807, 2.05) is 60.8 Å². The summed E-state index contributed by atoms with van der Waals surface area (Å²) in [5.74, 6) is 0.571. The third-order valence-electron chi connectivity index (χ3n) is 6.05. The minimum atomic E-state index is -3.14. The molecule has 2 saturated heterocycles. The Kier molecular flexibility index (Phi) is 7.00. The standard InChI is InChI=1S/C26H25N3O4S3/c1-2-13-33-22-10-8-18(9-11-22)24-19(16-28(27-24)20-6-4-3-5-7-20)15-23-25(30)29(26(34)35-23)21-12-14-36(31,32)17-21/h3-11,15-16,21H,2,12-14,17H2,1H3. The van der Waals surface area contributed by atoms with Crippen LogP contribution in [0, 0.1) is 0 Å². The van der Waals surface area contributed by atoms with E-state index >= 15 is 0 Å². The molecule has 0 spiro atoms. The van der Waals surface area contributed by atoms with E-state index in [4.69, 9.17) is 22.1 Å². The lowest BCUT2D eigenvalue weighted by atomic mass is 10.1. The summed E-state index contributed by atoms with van der Waals surface area (Å²) in [5.41, 5.74) is 3.26. The first kappa shape index (κ1) is 24.7. The van der Waals surface area contributed by atoms with Gasteiger partial charge >= 0.3 is 0 Å². The number of thioether (sulfide) groups is 1. The Bertz CT molecular complexity index is 1430. The van der Waals surface area contributed by atoms with Crippen molar-refractivity contribution in [2.24, 2.45) is 0 Å². The number of carbonyl (C=O) groups excluding carboxylic acids is 1. The molecule has 0 bridgehead atoms. The monoisotopic (exact) mass is 539 g/mol. The smallest absolute Gasteiger partial charge is 0.266 e. The summed E-state index contributed by atoms with van der Waals surface area (Å²) in [7, 11) is -3.14. The number of aromatic nitrogens is 2. The van der Waals surface area contributed by atoms with E-state index in [-0.39, 0.29) is 17.4 Å². The molecule has 1 atom stereocenters. The second kappa shape index (κ2) is 10.2. The Labute approximate surface area is 220 Å². The zero-order chi connectivity index (χ0) is 25.3. The van der Waals surface area contributed by atoms with Crippen LogP contribution in [0.15, 0.2) is 65.7 Å². The van der Waals surface area contributed by atoms with Crippen LogP contribution in [0.3, 0.4) is 0 Å². The largest absolute Gasteiger partial charge is 0.494 e. The Balaban J connectivity index is 1.50. The van der Waals surface area contributed by atoms with Gasteiger partial charge in [-0.05, 0) is 55.3 Å². The van der Waals surface area contributed by atoms with Crippen molar-refractivity contribution >= 4 is 50.1 Å². The lowest BCUT2D eigenvalue weighted by molar-refractivity contribution is -0.123. The fraction of sp³-hybridized carbons (Fsp3) is 0.269. The van der Waals surface area contributed by atoms with Crippen molar-refractivity contribution in [1.29, 1.82) is 0 Å². The van der Waals surface area contributed by atoms with E-state index in [1.165, 1.54) is 16.7 Å². The first-order valence-electron chi connectivity index (χ1n) is 11.7. The number of amides is 1. The number of thiocarbonyl (C=S) groups is 1. The van der Waals surface area contributed by atoms with E-state index in [0.717, 1.165) is 34.7 Å². The minimum absolute atomic E-state index is 0.0453. The van der Waals surface area contributed by atoms with E-state index in [1.54, 1.807) is 10.8 Å². The molecule has 2 aliphatic heterocycles. The third-order valence-corrected chi connectivity index (χ3v) is 9.13. The summed E-state index contributed by atoms with van der Waals surface area (Å²) in [5, 5.41) is 4.83. The predicted molar refractivity (Wildman–Crippen MR) is 147 cm³/mol. The van der Waals surface area contributed by atoms with Gasteiger partial charge < -0.3 is 4.74 Å². The van der Waals surface area contributed by atoms with Crippen LogP contribution in [0.5, 0.6) is 5.75 Å². The molecule has 3 heterocycles. The minimum Gasteiger partial charge on any atom is -0.494 e. The topological polar surface area (TPSA) is 81.5 Å². The zero-order valence-electron chi connectivity index (χ0n) is 19.7. The Morgan fingerprint density at radius 2 is 1.92 bits per heavy atom. The summed E-state index contributed by atoms with van der Waals surface area (Å²) in [6, 6.07) is 17.1. The molecular formula is C26H25N3O4S3. The zero-order valence-corrected chi connectivity index (χ0v) is 22.1. The van der Waals surface area contributed by atoms with Gasteiger partial charge in [0.25, 0.3) is 5.91 Å². The molecule has 7 nitrogen and oxygen atoms in total. The SMILES string of the molecule is CCCOc1ccc(-c2nn(-c3ccccc3)cc2C=C2SC(=S)N(C3CCS(=O)(=O)C3)C2=O)cc1. The molecule has 0 radical (unpaired) electrons. The number of hydrogen-bond acceptors (Lipinski definition) is 7. The maximum Gasteiger partial charge on any atom is 0.266 e. The molecule has 5 rings (SSSR count). The highest BCUT2D eigenvalue weighted by molar-refractivity contribution is 8.26. The summed E-state index contributed by atoms with van der Waals surface area (Å²) < 4.78 is 31.9. The van der Waals surface area contributed by atoms with Crippen LogP contribution in [0.4, 0.5) is 0 Å². The molecule has 0 aliphatic carbocycles. The van der Waals surface area contributed by atoms with Crippen LogP contribution in [0.1, 0.15) is 25.3 Å². The maximum absolute atomic E-state index is 13.3. The number of hydrogen-bond donors (Lipinski definition) is 0. The van der Waals surface area contributed by atoms with Gasteiger partial charge in [-0.3, -0.25) is 9.69 Å².